The molecule has 0 N–H and O–H groups in total. The van der Waals surface area contributed by atoms with Crippen molar-refractivity contribution in [2.45, 2.75) is 0 Å². The molecule has 0 amide bonds. The van der Waals surface area contributed by atoms with Crippen LogP contribution in [0.1, 0.15) is 0 Å². The van der Waals surface area contributed by atoms with Gasteiger partial charge in [-0.05, 0) is 0 Å². The SMILES string of the molecule is O=S(=O)(Cl)N=P(c1ccccc1)(c1ccccc1)c1ccccc1. The molecular formula is C18H15ClNO2PS. The smallest absolute Gasteiger partial charge is 0.187 e. The molecule has 0 aliphatic carbocycles. The molecule has 0 saturated carbocycles. The summed E-state index contributed by atoms with van der Waals surface area (Å²) in [7, 11) is -1.25. The maximum absolute atomic E-state index is 12.0. The minimum atomic E-state index is -4.08. The first-order chi connectivity index (χ1) is 11.5. The van der Waals surface area contributed by atoms with Gasteiger partial charge in [0, 0.05) is 26.6 Å². The van der Waals surface area contributed by atoms with Crippen molar-refractivity contribution in [1.29, 1.82) is 0 Å². The molecule has 0 aliphatic heterocycles. The second-order valence-corrected chi connectivity index (χ2v) is 10.6. The summed E-state index contributed by atoms with van der Waals surface area (Å²) in [5, 5.41) is 2.52. The zero-order valence-corrected chi connectivity index (χ0v) is 15.1. The van der Waals surface area contributed by atoms with Crippen LogP contribution < -0.4 is 15.9 Å². The van der Waals surface area contributed by atoms with E-state index in [4.69, 9.17) is 10.7 Å². The molecule has 0 atom stereocenters. The summed E-state index contributed by atoms with van der Waals surface area (Å²) in [6.45, 7) is 0. The first-order valence-electron chi connectivity index (χ1n) is 7.27. The van der Waals surface area contributed by atoms with Crippen molar-refractivity contribution < 1.29 is 8.42 Å². The Morgan fingerprint density at radius 1 is 0.625 bits per heavy atom. The van der Waals surface area contributed by atoms with Crippen molar-refractivity contribution in [3.05, 3.63) is 91.0 Å². The van der Waals surface area contributed by atoms with Crippen LogP contribution in [0, 0.1) is 0 Å². The molecule has 3 aromatic rings. The van der Waals surface area contributed by atoms with Gasteiger partial charge in [0.25, 0.3) is 0 Å². The molecule has 3 nitrogen and oxygen atoms in total. The van der Waals surface area contributed by atoms with E-state index < -0.39 is 16.3 Å². The summed E-state index contributed by atoms with van der Waals surface area (Å²) >= 11 is 0. The van der Waals surface area contributed by atoms with E-state index >= 15 is 0 Å². The van der Waals surface area contributed by atoms with E-state index in [2.05, 4.69) is 4.15 Å². The average molecular weight is 376 g/mol. The van der Waals surface area contributed by atoms with Crippen LogP contribution in [-0.4, -0.2) is 8.42 Å². The summed E-state index contributed by atoms with van der Waals surface area (Å²) in [6, 6.07) is 28.4. The lowest BCUT2D eigenvalue weighted by Crippen LogP contribution is -2.25. The van der Waals surface area contributed by atoms with Gasteiger partial charge in [-0.1, -0.05) is 91.0 Å². The highest BCUT2D eigenvalue weighted by molar-refractivity contribution is 8.15. The number of halogens is 1. The zero-order valence-electron chi connectivity index (χ0n) is 12.7. The third kappa shape index (κ3) is 3.46. The second-order valence-electron chi connectivity index (χ2n) is 5.14. The summed E-state index contributed by atoms with van der Waals surface area (Å²) in [4.78, 5) is 0. The van der Waals surface area contributed by atoms with E-state index in [9.17, 15) is 8.42 Å². The molecule has 6 heteroatoms. The molecule has 0 aromatic heterocycles. The molecule has 0 radical (unpaired) electrons. The Labute approximate surface area is 146 Å². The van der Waals surface area contributed by atoms with Crippen LogP contribution in [0.5, 0.6) is 0 Å². The minimum Gasteiger partial charge on any atom is -0.187 e. The average Bonchev–Trinajstić information content (AvgIpc) is 2.61. The predicted molar refractivity (Wildman–Crippen MR) is 102 cm³/mol. The molecule has 24 heavy (non-hydrogen) atoms. The first kappa shape index (κ1) is 17.0. The summed E-state index contributed by atoms with van der Waals surface area (Å²) in [6.07, 6.45) is 0. The lowest BCUT2D eigenvalue weighted by molar-refractivity contribution is 0.612. The van der Waals surface area contributed by atoms with E-state index in [0.29, 0.717) is 0 Å². The largest absolute Gasteiger partial charge is 0.339 e. The number of hydrogen-bond donors (Lipinski definition) is 0. The van der Waals surface area contributed by atoms with Crippen LogP contribution in [0.4, 0.5) is 0 Å². The Balaban J connectivity index is 2.50. The normalized spacial score (nSPS) is 11.9. The molecule has 0 bridgehead atoms. The van der Waals surface area contributed by atoms with E-state index in [1.165, 1.54) is 0 Å². The Kier molecular flexibility index (Phi) is 4.91. The van der Waals surface area contributed by atoms with Crippen molar-refractivity contribution >= 4 is 42.9 Å². The van der Waals surface area contributed by atoms with E-state index in [-0.39, 0.29) is 0 Å². The standard InChI is InChI=1S/C18H15ClNO2PS/c19-24(21,22)20-23(16-10-4-1-5-11-16,17-12-6-2-7-13-17)18-14-8-3-9-15-18/h1-15H. The molecule has 0 unspecified atom stereocenters. The lowest BCUT2D eigenvalue weighted by Gasteiger charge is -2.25. The van der Waals surface area contributed by atoms with Gasteiger partial charge in [0.2, 0.25) is 0 Å². The molecular weight excluding hydrogens is 361 g/mol. The maximum Gasteiger partial charge on any atom is 0.339 e. The van der Waals surface area contributed by atoms with Crippen LogP contribution in [0.15, 0.2) is 95.1 Å². The maximum atomic E-state index is 12.0. The van der Waals surface area contributed by atoms with Gasteiger partial charge >= 0.3 is 9.24 Å². The minimum absolute atomic E-state index is 0.839. The molecule has 0 saturated heterocycles. The van der Waals surface area contributed by atoms with Crippen molar-refractivity contribution in [1.82, 2.24) is 0 Å². The third-order valence-electron chi connectivity index (χ3n) is 3.61. The Morgan fingerprint density at radius 2 is 0.917 bits per heavy atom. The van der Waals surface area contributed by atoms with Crippen molar-refractivity contribution in [2.24, 2.45) is 4.15 Å². The molecule has 0 spiro atoms. The molecule has 122 valence electrons. The summed E-state index contributed by atoms with van der Waals surface area (Å²) < 4.78 is 28.2. The summed E-state index contributed by atoms with van der Waals surface area (Å²) in [5.74, 6) is 0. The zero-order chi connectivity index (χ0) is 17.0. The highest BCUT2D eigenvalue weighted by Crippen LogP contribution is 2.47. The molecule has 3 rings (SSSR count). The van der Waals surface area contributed by atoms with Gasteiger partial charge in [0.05, 0.1) is 7.05 Å². The van der Waals surface area contributed by atoms with Gasteiger partial charge in [-0.2, -0.15) is 12.6 Å². The van der Waals surface area contributed by atoms with Crippen LogP contribution >= 0.6 is 17.7 Å². The first-order valence-corrected chi connectivity index (χ1v) is 11.3. The molecule has 3 aromatic carbocycles. The van der Waals surface area contributed by atoms with Gasteiger partial charge in [-0.15, -0.1) is 0 Å². The Bertz CT molecular complexity index is 872. The Hall–Kier alpha value is -1.87. The van der Waals surface area contributed by atoms with Crippen LogP contribution in [0.25, 0.3) is 0 Å². The van der Waals surface area contributed by atoms with Crippen molar-refractivity contribution in [3.8, 4) is 0 Å². The van der Waals surface area contributed by atoms with E-state index in [1.807, 2.05) is 91.0 Å². The quantitative estimate of drug-likeness (QED) is 0.516. The third-order valence-corrected chi connectivity index (χ3v) is 9.06. The Morgan fingerprint density at radius 3 is 1.17 bits per heavy atom. The topological polar surface area (TPSA) is 46.5 Å². The van der Waals surface area contributed by atoms with Crippen molar-refractivity contribution in [2.75, 3.05) is 0 Å². The van der Waals surface area contributed by atoms with Gasteiger partial charge < -0.3 is 0 Å². The fourth-order valence-electron chi connectivity index (χ4n) is 2.67. The summed E-state index contributed by atoms with van der Waals surface area (Å²) in [5.41, 5.74) is 0. The number of rotatable bonds is 4. The van der Waals surface area contributed by atoms with E-state index in [0.717, 1.165) is 15.9 Å². The van der Waals surface area contributed by atoms with Crippen LogP contribution in [-0.2, 0) is 9.24 Å². The van der Waals surface area contributed by atoms with Crippen LogP contribution in [0.2, 0.25) is 0 Å². The number of benzene rings is 3. The highest BCUT2D eigenvalue weighted by atomic mass is 35.7. The van der Waals surface area contributed by atoms with E-state index in [1.54, 1.807) is 0 Å². The molecule has 0 heterocycles. The molecule has 0 aliphatic rings. The van der Waals surface area contributed by atoms with Crippen LogP contribution in [0.3, 0.4) is 0 Å². The highest BCUT2D eigenvalue weighted by Gasteiger charge is 2.29. The van der Waals surface area contributed by atoms with Crippen molar-refractivity contribution in [3.63, 3.8) is 0 Å². The number of hydrogen-bond acceptors (Lipinski definition) is 2. The van der Waals surface area contributed by atoms with Gasteiger partial charge in [0.15, 0.2) is 0 Å². The van der Waals surface area contributed by atoms with Gasteiger partial charge in [0.1, 0.15) is 0 Å². The fourth-order valence-corrected chi connectivity index (χ4v) is 8.51. The monoisotopic (exact) mass is 375 g/mol. The number of nitrogens with zero attached hydrogens (tertiary/aromatic N) is 1. The fraction of sp³-hybridized carbons (Fsp3) is 0. The lowest BCUT2D eigenvalue weighted by atomic mass is 10.4. The predicted octanol–water partition coefficient (Wildman–Crippen LogP) is 3.65. The molecule has 0 fully saturated rings. The van der Waals surface area contributed by atoms with Gasteiger partial charge in [-0.25, -0.2) is 0 Å². The van der Waals surface area contributed by atoms with Gasteiger partial charge in [-0.3, -0.25) is 0 Å². The second kappa shape index (κ2) is 6.94.